The lowest BCUT2D eigenvalue weighted by Gasteiger charge is -2.25. The van der Waals surface area contributed by atoms with Gasteiger partial charge in [0, 0.05) is 25.2 Å². The first-order valence-electron chi connectivity index (χ1n) is 9.79. The lowest BCUT2D eigenvalue weighted by atomic mass is 10.1. The normalized spacial score (nSPS) is 19.8. The largest absolute Gasteiger partial charge is 0.492 e. The Balaban J connectivity index is 1.84. The molecule has 5 rings (SSSR count). The molecular weight excluding hydrogens is 395 g/mol. The van der Waals surface area contributed by atoms with E-state index in [9.17, 15) is 9.59 Å². The molecule has 0 spiro atoms. The Bertz CT molecular complexity index is 1240. The summed E-state index contributed by atoms with van der Waals surface area (Å²) in [4.78, 5) is 30.1. The van der Waals surface area contributed by atoms with Crippen molar-refractivity contribution in [1.29, 1.82) is 0 Å². The van der Waals surface area contributed by atoms with Crippen LogP contribution in [0.25, 0.3) is 21.1 Å². The topological polar surface area (TPSA) is 70.6 Å². The van der Waals surface area contributed by atoms with E-state index in [1.165, 1.54) is 13.2 Å². The highest BCUT2D eigenvalue weighted by Gasteiger charge is 2.34. The van der Waals surface area contributed by atoms with E-state index in [4.69, 9.17) is 4.74 Å². The van der Waals surface area contributed by atoms with Crippen molar-refractivity contribution in [2.75, 3.05) is 39.2 Å². The molecule has 1 aliphatic carbocycles. The maximum atomic E-state index is 15.3. The molecule has 1 unspecified atom stereocenters. The van der Waals surface area contributed by atoms with E-state index in [0.717, 1.165) is 37.3 Å². The molecule has 7 nitrogen and oxygen atoms in total. The lowest BCUT2D eigenvalue weighted by Crippen LogP contribution is -2.32. The van der Waals surface area contributed by atoms with Crippen LogP contribution in [0.4, 0.5) is 10.1 Å². The summed E-state index contributed by atoms with van der Waals surface area (Å²) in [6, 6.07) is 1.80. The van der Waals surface area contributed by atoms with Crippen molar-refractivity contribution >= 4 is 38.3 Å². The Morgan fingerprint density at radius 1 is 1.28 bits per heavy atom. The van der Waals surface area contributed by atoms with Crippen LogP contribution in [-0.4, -0.2) is 54.2 Å². The molecule has 2 fully saturated rings. The Hall–Kier alpha value is -2.39. The number of methoxy groups -OCH3 is 1. The molecule has 2 aromatic heterocycles. The third-order valence-corrected chi connectivity index (χ3v) is 7.00. The molecular formula is C20H23FN4O3S. The molecule has 1 saturated carbocycles. The number of nitrogens with one attached hydrogen (secondary N) is 1. The van der Waals surface area contributed by atoms with Gasteiger partial charge in [-0.2, -0.15) is 0 Å². The summed E-state index contributed by atoms with van der Waals surface area (Å²) in [5.41, 5.74) is 0.140. The van der Waals surface area contributed by atoms with Gasteiger partial charge < -0.3 is 19.1 Å². The number of aromatic nitrogens is 2. The number of likely N-dealkylation sites (N-methyl/N-ethyl adjacent to an activating group) is 1. The number of hydrogen-bond donors (Lipinski definition) is 1. The number of pyridine rings is 1. The fourth-order valence-electron chi connectivity index (χ4n) is 4.45. The SMILES string of the molecule is COc1c(N2CCC(N(C)C)C2)c(F)cc2c(=O)c3c(=O)[nH]sc3n(C3CC3)c12. The van der Waals surface area contributed by atoms with E-state index < -0.39 is 16.8 Å². The van der Waals surface area contributed by atoms with Crippen LogP contribution in [0.5, 0.6) is 5.75 Å². The minimum atomic E-state index is -0.487. The van der Waals surface area contributed by atoms with Crippen LogP contribution in [0.2, 0.25) is 0 Å². The maximum Gasteiger partial charge on any atom is 0.271 e. The Labute approximate surface area is 170 Å². The first-order chi connectivity index (χ1) is 13.9. The van der Waals surface area contributed by atoms with E-state index in [1.807, 2.05) is 23.6 Å². The van der Waals surface area contributed by atoms with E-state index >= 15 is 4.39 Å². The fraction of sp³-hybridized carbons (Fsp3) is 0.500. The smallest absolute Gasteiger partial charge is 0.271 e. The van der Waals surface area contributed by atoms with E-state index in [-0.39, 0.29) is 16.8 Å². The van der Waals surface area contributed by atoms with Crippen molar-refractivity contribution in [3.63, 3.8) is 0 Å². The number of anilines is 1. The van der Waals surface area contributed by atoms with Crippen LogP contribution < -0.4 is 20.6 Å². The van der Waals surface area contributed by atoms with Gasteiger partial charge >= 0.3 is 0 Å². The predicted molar refractivity (Wildman–Crippen MR) is 113 cm³/mol. The van der Waals surface area contributed by atoms with Crippen molar-refractivity contribution in [1.82, 2.24) is 13.8 Å². The lowest BCUT2D eigenvalue weighted by molar-refractivity contribution is 0.315. The maximum absolute atomic E-state index is 15.3. The van der Waals surface area contributed by atoms with Crippen LogP contribution in [-0.2, 0) is 0 Å². The highest BCUT2D eigenvalue weighted by atomic mass is 32.1. The van der Waals surface area contributed by atoms with E-state index in [2.05, 4.69) is 9.27 Å². The van der Waals surface area contributed by atoms with Crippen molar-refractivity contribution in [3.05, 3.63) is 32.5 Å². The predicted octanol–water partition coefficient (Wildman–Crippen LogP) is 2.53. The first-order valence-corrected chi connectivity index (χ1v) is 10.6. The fourth-order valence-corrected chi connectivity index (χ4v) is 5.37. The highest BCUT2D eigenvalue weighted by Crippen LogP contribution is 2.46. The van der Waals surface area contributed by atoms with Gasteiger partial charge in [-0.15, -0.1) is 0 Å². The highest BCUT2D eigenvalue weighted by molar-refractivity contribution is 7.12. The van der Waals surface area contributed by atoms with Gasteiger partial charge in [-0.05, 0) is 51.0 Å². The molecule has 1 N–H and O–H groups in total. The summed E-state index contributed by atoms with van der Waals surface area (Å²) >= 11 is 1.16. The summed E-state index contributed by atoms with van der Waals surface area (Å²) in [6.45, 7) is 1.41. The van der Waals surface area contributed by atoms with Gasteiger partial charge in [0.15, 0.2) is 11.6 Å². The first kappa shape index (κ1) is 18.6. The number of benzene rings is 1. The van der Waals surface area contributed by atoms with Crippen molar-refractivity contribution in [2.45, 2.75) is 31.3 Å². The third-order valence-electron chi connectivity index (χ3n) is 6.12. The van der Waals surface area contributed by atoms with Gasteiger partial charge in [0.1, 0.15) is 15.9 Å². The number of hydrogen-bond acceptors (Lipinski definition) is 6. The minimum Gasteiger partial charge on any atom is -0.492 e. The van der Waals surface area contributed by atoms with E-state index in [0.29, 0.717) is 34.4 Å². The van der Waals surface area contributed by atoms with Crippen LogP contribution in [0, 0.1) is 5.82 Å². The molecule has 154 valence electrons. The number of H-pyrrole nitrogens is 1. The summed E-state index contributed by atoms with van der Waals surface area (Å²) in [7, 11) is 5.57. The van der Waals surface area contributed by atoms with Gasteiger partial charge in [-0.3, -0.25) is 14.0 Å². The Morgan fingerprint density at radius 2 is 2.03 bits per heavy atom. The van der Waals surface area contributed by atoms with Crippen molar-refractivity contribution in [3.8, 4) is 5.75 Å². The second-order valence-corrected chi connectivity index (χ2v) is 8.93. The van der Waals surface area contributed by atoms with Crippen LogP contribution >= 0.6 is 11.5 Å². The number of ether oxygens (including phenoxy) is 1. The number of halogens is 1. The van der Waals surface area contributed by atoms with Crippen LogP contribution in [0.3, 0.4) is 0 Å². The molecule has 3 aromatic rings. The zero-order valence-electron chi connectivity index (χ0n) is 16.6. The standard InChI is InChI=1S/C20H23FN4O3S/c1-23(2)11-6-7-24(9-11)16-13(21)8-12-15(18(16)28-3)25(10-4-5-10)20-14(17(12)26)19(27)22-29-20/h8,10-11H,4-7,9H2,1-3H3,(H,22,27). The second kappa shape index (κ2) is 6.56. The molecule has 29 heavy (non-hydrogen) atoms. The Kier molecular flexibility index (Phi) is 4.22. The minimum absolute atomic E-state index is 0.109. The van der Waals surface area contributed by atoms with Crippen LogP contribution in [0.15, 0.2) is 15.7 Å². The van der Waals surface area contributed by atoms with E-state index in [1.54, 1.807) is 0 Å². The van der Waals surface area contributed by atoms with Crippen molar-refractivity contribution < 1.29 is 9.13 Å². The number of aromatic amines is 1. The molecule has 3 heterocycles. The van der Waals surface area contributed by atoms with Crippen LogP contribution in [0.1, 0.15) is 25.3 Å². The summed E-state index contributed by atoms with van der Waals surface area (Å²) in [5, 5.41) is 0.312. The second-order valence-electron chi connectivity index (χ2n) is 8.13. The average molecular weight is 418 g/mol. The molecule has 1 aromatic carbocycles. The number of rotatable bonds is 4. The van der Waals surface area contributed by atoms with Gasteiger partial charge in [-0.1, -0.05) is 0 Å². The monoisotopic (exact) mass is 418 g/mol. The average Bonchev–Trinajstić information content (AvgIpc) is 3.26. The third kappa shape index (κ3) is 2.71. The van der Waals surface area contributed by atoms with Gasteiger partial charge in [-0.25, -0.2) is 4.39 Å². The molecule has 0 amide bonds. The quantitative estimate of drug-likeness (QED) is 0.705. The Morgan fingerprint density at radius 3 is 2.66 bits per heavy atom. The van der Waals surface area contributed by atoms with Crippen molar-refractivity contribution in [2.24, 2.45) is 0 Å². The molecule has 1 aliphatic heterocycles. The molecule has 0 radical (unpaired) electrons. The van der Waals surface area contributed by atoms with Gasteiger partial charge in [0.05, 0.1) is 18.0 Å². The zero-order valence-corrected chi connectivity index (χ0v) is 17.4. The molecule has 2 aliphatic rings. The number of nitrogens with zero attached hydrogens (tertiary/aromatic N) is 3. The zero-order chi connectivity index (χ0) is 20.4. The molecule has 1 atom stereocenters. The van der Waals surface area contributed by atoms with Gasteiger partial charge in [0.2, 0.25) is 5.43 Å². The molecule has 0 bridgehead atoms. The molecule has 1 saturated heterocycles. The number of fused-ring (bicyclic) bond motifs is 2. The summed E-state index contributed by atoms with van der Waals surface area (Å²) in [6.07, 6.45) is 2.85. The molecule has 9 heteroatoms. The van der Waals surface area contributed by atoms with Gasteiger partial charge in [0.25, 0.3) is 5.56 Å². The summed E-state index contributed by atoms with van der Waals surface area (Å²) in [5.74, 6) is -0.106. The summed E-state index contributed by atoms with van der Waals surface area (Å²) < 4.78 is 25.8.